The van der Waals surface area contributed by atoms with Gasteiger partial charge in [0.1, 0.15) is 5.82 Å². The highest BCUT2D eigenvalue weighted by atomic mass is 19.1. The predicted molar refractivity (Wildman–Crippen MR) is 52.1 cm³/mol. The topological polar surface area (TPSA) is 54.4 Å². The Hall–Kier alpha value is -1.71. The van der Waals surface area contributed by atoms with E-state index in [1.165, 1.54) is 25.1 Å². The molecule has 0 amide bonds. The summed E-state index contributed by atoms with van der Waals surface area (Å²) >= 11 is 0. The Balaban J connectivity index is 2.80. The minimum Gasteiger partial charge on any atom is -0.481 e. The van der Waals surface area contributed by atoms with E-state index in [9.17, 15) is 14.0 Å². The van der Waals surface area contributed by atoms with E-state index in [0.29, 0.717) is 0 Å². The minimum absolute atomic E-state index is 0.212. The van der Waals surface area contributed by atoms with Crippen molar-refractivity contribution in [2.24, 2.45) is 5.92 Å². The van der Waals surface area contributed by atoms with Crippen LogP contribution in [0.25, 0.3) is 0 Å². The van der Waals surface area contributed by atoms with Crippen LogP contribution >= 0.6 is 0 Å². The molecule has 80 valence electrons. The van der Waals surface area contributed by atoms with E-state index in [1.54, 1.807) is 0 Å². The Labute approximate surface area is 86.5 Å². The second-order valence-electron chi connectivity index (χ2n) is 3.37. The summed E-state index contributed by atoms with van der Waals surface area (Å²) in [5, 5.41) is 8.51. The summed E-state index contributed by atoms with van der Waals surface area (Å²) in [5.74, 6) is -2.52. The zero-order valence-electron chi connectivity index (χ0n) is 8.24. The third-order valence-corrected chi connectivity index (χ3v) is 2.04. The zero-order chi connectivity index (χ0) is 11.4. The van der Waals surface area contributed by atoms with Gasteiger partial charge in [0.2, 0.25) is 0 Å². The first-order chi connectivity index (χ1) is 7.00. The lowest BCUT2D eigenvalue weighted by Crippen LogP contribution is -2.15. The van der Waals surface area contributed by atoms with Crippen LogP contribution in [0.3, 0.4) is 0 Å². The van der Waals surface area contributed by atoms with Gasteiger partial charge in [0.15, 0.2) is 5.78 Å². The van der Waals surface area contributed by atoms with E-state index >= 15 is 0 Å². The Morgan fingerprint density at radius 2 is 2.13 bits per heavy atom. The number of carbonyl (C=O) groups is 2. The Kier molecular flexibility index (Phi) is 3.55. The molecular formula is C11H11FO3. The van der Waals surface area contributed by atoms with Crippen molar-refractivity contribution >= 4 is 11.8 Å². The summed E-state index contributed by atoms with van der Waals surface area (Å²) in [6.45, 7) is 1.52. The van der Waals surface area contributed by atoms with Crippen molar-refractivity contribution in [2.75, 3.05) is 0 Å². The van der Waals surface area contributed by atoms with Gasteiger partial charge < -0.3 is 5.11 Å². The molecule has 1 N–H and O–H groups in total. The number of Topliss-reactive ketones (excluding diaryl/α,β-unsaturated/α-hetero) is 1. The van der Waals surface area contributed by atoms with Crippen LogP contribution in [-0.2, 0) is 4.79 Å². The van der Waals surface area contributed by atoms with Gasteiger partial charge in [0.25, 0.3) is 0 Å². The number of ketones is 1. The van der Waals surface area contributed by atoms with Gasteiger partial charge in [0.05, 0.1) is 6.42 Å². The molecule has 0 bridgehead atoms. The average Bonchev–Trinajstić information content (AvgIpc) is 2.15. The van der Waals surface area contributed by atoms with Gasteiger partial charge in [-0.15, -0.1) is 0 Å². The fourth-order valence-electron chi connectivity index (χ4n) is 1.28. The number of halogens is 1. The van der Waals surface area contributed by atoms with Crippen molar-refractivity contribution < 1.29 is 19.1 Å². The van der Waals surface area contributed by atoms with Crippen LogP contribution in [0.15, 0.2) is 24.3 Å². The lowest BCUT2D eigenvalue weighted by atomic mass is 9.96. The van der Waals surface area contributed by atoms with Crippen molar-refractivity contribution in [1.29, 1.82) is 0 Å². The fourth-order valence-corrected chi connectivity index (χ4v) is 1.28. The lowest BCUT2D eigenvalue weighted by Gasteiger charge is -2.07. The molecule has 1 atom stereocenters. The standard InChI is InChI=1S/C11H11FO3/c1-7(5-10(13)14)11(15)8-3-2-4-9(12)6-8/h2-4,6-7H,5H2,1H3,(H,13,14)/t7-/m0/s1. The van der Waals surface area contributed by atoms with Gasteiger partial charge in [-0.05, 0) is 12.1 Å². The average molecular weight is 210 g/mol. The van der Waals surface area contributed by atoms with E-state index < -0.39 is 17.7 Å². The van der Waals surface area contributed by atoms with Gasteiger partial charge in [-0.2, -0.15) is 0 Å². The zero-order valence-corrected chi connectivity index (χ0v) is 8.24. The number of hydrogen-bond donors (Lipinski definition) is 1. The van der Waals surface area contributed by atoms with Crippen LogP contribution in [0.1, 0.15) is 23.7 Å². The van der Waals surface area contributed by atoms with Crippen LogP contribution in [0, 0.1) is 11.7 Å². The summed E-state index contributed by atoms with van der Waals surface area (Å²) in [4.78, 5) is 22.0. The molecule has 0 aliphatic carbocycles. The summed E-state index contributed by atoms with van der Waals surface area (Å²) in [7, 11) is 0. The fraction of sp³-hybridized carbons (Fsp3) is 0.273. The molecule has 3 nitrogen and oxygen atoms in total. The molecule has 15 heavy (non-hydrogen) atoms. The Bertz CT molecular complexity index is 387. The summed E-state index contributed by atoms with van der Waals surface area (Å²) < 4.78 is 12.8. The van der Waals surface area contributed by atoms with Crippen molar-refractivity contribution in [3.05, 3.63) is 35.6 Å². The van der Waals surface area contributed by atoms with Crippen molar-refractivity contribution in [1.82, 2.24) is 0 Å². The predicted octanol–water partition coefficient (Wildman–Crippen LogP) is 2.12. The largest absolute Gasteiger partial charge is 0.481 e. The second-order valence-corrected chi connectivity index (χ2v) is 3.37. The number of carboxylic acids is 1. The number of carbonyl (C=O) groups excluding carboxylic acids is 1. The Morgan fingerprint density at radius 3 is 2.67 bits per heavy atom. The minimum atomic E-state index is -1.03. The maximum atomic E-state index is 12.8. The van der Waals surface area contributed by atoms with E-state index in [1.807, 2.05) is 0 Å². The van der Waals surface area contributed by atoms with Crippen LogP contribution in [-0.4, -0.2) is 16.9 Å². The quantitative estimate of drug-likeness (QED) is 0.774. The molecule has 4 heteroatoms. The first kappa shape index (κ1) is 11.4. The molecule has 0 aliphatic rings. The highest BCUT2D eigenvalue weighted by Gasteiger charge is 2.18. The maximum Gasteiger partial charge on any atom is 0.304 e. The van der Waals surface area contributed by atoms with Gasteiger partial charge in [-0.3, -0.25) is 9.59 Å². The van der Waals surface area contributed by atoms with Crippen LogP contribution < -0.4 is 0 Å². The molecule has 1 rings (SSSR count). The number of aliphatic carboxylic acids is 1. The van der Waals surface area contributed by atoms with E-state index in [-0.39, 0.29) is 17.8 Å². The van der Waals surface area contributed by atoms with Gasteiger partial charge >= 0.3 is 5.97 Å². The molecule has 0 radical (unpaired) electrons. The molecule has 0 fully saturated rings. The third kappa shape index (κ3) is 3.16. The molecule has 0 aromatic heterocycles. The smallest absolute Gasteiger partial charge is 0.304 e. The van der Waals surface area contributed by atoms with Crippen LogP contribution in [0.2, 0.25) is 0 Å². The molecule has 0 heterocycles. The van der Waals surface area contributed by atoms with Gasteiger partial charge in [0, 0.05) is 11.5 Å². The van der Waals surface area contributed by atoms with Gasteiger partial charge in [-0.25, -0.2) is 4.39 Å². The SMILES string of the molecule is C[C@@H](CC(=O)O)C(=O)c1cccc(F)c1. The molecule has 1 aromatic carbocycles. The molecule has 0 saturated carbocycles. The number of rotatable bonds is 4. The van der Waals surface area contributed by atoms with Crippen LogP contribution in [0.5, 0.6) is 0 Å². The number of benzene rings is 1. The normalized spacial score (nSPS) is 12.1. The number of carboxylic acid groups (broad SMARTS) is 1. The molecule has 0 aliphatic heterocycles. The Morgan fingerprint density at radius 1 is 1.47 bits per heavy atom. The van der Waals surface area contributed by atoms with E-state index in [2.05, 4.69) is 0 Å². The molecule has 1 aromatic rings. The number of hydrogen-bond acceptors (Lipinski definition) is 2. The molecular weight excluding hydrogens is 199 g/mol. The first-order valence-corrected chi connectivity index (χ1v) is 4.52. The molecule has 0 spiro atoms. The third-order valence-electron chi connectivity index (χ3n) is 2.04. The summed E-state index contributed by atoms with van der Waals surface area (Å²) in [5.41, 5.74) is 0.212. The highest BCUT2D eigenvalue weighted by molar-refractivity contribution is 5.99. The highest BCUT2D eigenvalue weighted by Crippen LogP contribution is 2.13. The van der Waals surface area contributed by atoms with E-state index in [4.69, 9.17) is 5.11 Å². The lowest BCUT2D eigenvalue weighted by molar-refractivity contribution is -0.137. The van der Waals surface area contributed by atoms with Crippen molar-refractivity contribution in [2.45, 2.75) is 13.3 Å². The monoisotopic (exact) mass is 210 g/mol. The van der Waals surface area contributed by atoms with Crippen molar-refractivity contribution in [3.8, 4) is 0 Å². The van der Waals surface area contributed by atoms with Crippen molar-refractivity contribution in [3.63, 3.8) is 0 Å². The van der Waals surface area contributed by atoms with Crippen LogP contribution in [0.4, 0.5) is 4.39 Å². The summed E-state index contributed by atoms with van der Waals surface area (Å²) in [6.07, 6.45) is -0.241. The maximum absolute atomic E-state index is 12.8. The molecule has 0 saturated heterocycles. The second kappa shape index (κ2) is 4.68. The molecule has 0 unspecified atom stereocenters. The summed E-state index contributed by atoms with van der Waals surface area (Å²) in [6, 6.07) is 5.25. The van der Waals surface area contributed by atoms with E-state index in [0.717, 1.165) is 6.07 Å². The first-order valence-electron chi connectivity index (χ1n) is 4.52. The van der Waals surface area contributed by atoms with Gasteiger partial charge in [-0.1, -0.05) is 19.1 Å².